The van der Waals surface area contributed by atoms with Crippen LogP contribution in [0.3, 0.4) is 0 Å². The molecule has 0 aromatic carbocycles. The smallest absolute Gasteiger partial charge is 0.0854 e. The van der Waals surface area contributed by atoms with Crippen molar-refractivity contribution in [1.29, 1.82) is 0 Å². The maximum absolute atomic E-state index is 5.38. The second kappa shape index (κ2) is 4.83. The first-order valence-corrected chi connectivity index (χ1v) is 4.88. The maximum atomic E-state index is 5.38. The zero-order valence-electron chi connectivity index (χ0n) is 8.38. The lowest BCUT2D eigenvalue weighted by Crippen LogP contribution is -2.22. The van der Waals surface area contributed by atoms with Crippen LogP contribution < -0.4 is 0 Å². The molecule has 0 spiro atoms. The first-order valence-electron chi connectivity index (χ1n) is 4.88. The van der Waals surface area contributed by atoms with Gasteiger partial charge < -0.3 is 9.47 Å². The quantitative estimate of drug-likeness (QED) is 0.646. The van der Waals surface area contributed by atoms with Crippen molar-refractivity contribution in [3.05, 3.63) is 0 Å². The summed E-state index contributed by atoms with van der Waals surface area (Å²) in [6, 6.07) is 0. The Balaban J connectivity index is 2.30. The van der Waals surface area contributed by atoms with Crippen LogP contribution >= 0.6 is 0 Å². The van der Waals surface area contributed by atoms with E-state index in [4.69, 9.17) is 9.47 Å². The summed E-state index contributed by atoms with van der Waals surface area (Å²) < 4.78 is 10.7. The molecule has 1 fully saturated rings. The summed E-state index contributed by atoms with van der Waals surface area (Å²) in [5.74, 6) is 1.43. The Morgan fingerprint density at radius 3 is 2.83 bits per heavy atom. The van der Waals surface area contributed by atoms with Crippen LogP contribution in [0.5, 0.6) is 0 Å². The fourth-order valence-electron chi connectivity index (χ4n) is 1.74. The molecule has 0 aromatic heterocycles. The lowest BCUT2D eigenvalue weighted by molar-refractivity contribution is 0.0617. The van der Waals surface area contributed by atoms with Crippen LogP contribution in [0.15, 0.2) is 0 Å². The molecule has 0 bridgehead atoms. The van der Waals surface area contributed by atoms with Crippen LogP contribution in [-0.2, 0) is 9.47 Å². The third kappa shape index (κ3) is 2.46. The van der Waals surface area contributed by atoms with Crippen molar-refractivity contribution >= 4 is 0 Å². The van der Waals surface area contributed by atoms with Crippen molar-refractivity contribution in [3.8, 4) is 0 Å². The largest absolute Gasteiger partial charge is 0.379 e. The minimum Gasteiger partial charge on any atom is -0.379 e. The zero-order valence-corrected chi connectivity index (χ0v) is 8.38. The Hall–Kier alpha value is -0.0800. The van der Waals surface area contributed by atoms with Crippen molar-refractivity contribution in [1.82, 2.24) is 0 Å². The van der Waals surface area contributed by atoms with Gasteiger partial charge in [-0.05, 0) is 12.3 Å². The SMILES string of the molecule is CCC(C)CC1COCC1OC. The molecular weight excluding hydrogens is 152 g/mol. The average molecular weight is 172 g/mol. The predicted octanol–water partition coefficient (Wildman–Crippen LogP) is 2.08. The van der Waals surface area contributed by atoms with Gasteiger partial charge in [-0.2, -0.15) is 0 Å². The number of ether oxygens (including phenoxy) is 2. The Morgan fingerprint density at radius 2 is 2.25 bits per heavy atom. The van der Waals surface area contributed by atoms with Crippen LogP contribution in [0.25, 0.3) is 0 Å². The Morgan fingerprint density at radius 1 is 1.50 bits per heavy atom. The number of methoxy groups -OCH3 is 1. The Labute approximate surface area is 75.2 Å². The van der Waals surface area contributed by atoms with E-state index < -0.39 is 0 Å². The van der Waals surface area contributed by atoms with Crippen LogP contribution in [0.1, 0.15) is 26.7 Å². The first kappa shape index (κ1) is 10.0. The third-order valence-electron chi connectivity index (χ3n) is 2.84. The van der Waals surface area contributed by atoms with Gasteiger partial charge in [-0.25, -0.2) is 0 Å². The highest BCUT2D eigenvalue weighted by molar-refractivity contribution is 4.76. The van der Waals surface area contributed by atoms with Crippen molar-refractivity contribution in [2.75, 3.05) is 20.3 Å². The molecule has 1 aliphatic rings. The van der Waals surface area contributed by atoms with E-state index in [1.54, 1.807) is 7.11 Å². The summed E-state index contributed by atoms with van der Waals surface area (Å²) in [5, 5.41) is 0. The maximum Gasteiger partial charge on any atom is 0.0854 e. The van der Waals surface area contributed by atoms with E-state index >= 15 is 0 Å². The fraction of sp³-hybridized carbons (Fsp3) is 1.00. The van der Waals surface area contributed by atoms with E-state index in [2.05, 4.69) is 13.8 Å². The van der Waals surface area contributed by atoms with E-state index in [1.165, 1.54) is 12.8 Å². The molecule has 2 heteroatoms. The molecule has 0 saturated carbocycles. The second-order valence-electron chi connectivity index (χ2n) is 3.82. The van der Waals surface area contributed by atoms with Crippen LogP contribution in [-0.4, -0.2) is 26.4 Å². The average Bonchev–Trinajstić information content (AvgIpc) is 2.51. The lowest BCUT2D eigenvalue weighted by atomic mass is 9.92. The predicted molar refractivity (Wildman–Crippen MR) is 49.2 cm³/mol. The first-order chi connectivity index (χ1) is 5.77. The molecule has 3 atom stereocenters. The van der Waals surface area contributed by atoms with Crippen molar-refractivity contribution < 1.29 is 9.47 Å². The summed E-state index contributed by atoms with van der Waals surface area (Å²) in [4.78, 5) is 0. The van der Waals surface area contributed by atoms with Gasteiger partial charge >= 0.3 is 0 Å². The molecule has 72 valence electrons. The van der Waals surface area contributed by atoms with Crippen LogP contribution in [0, 0.1) is 11.8 Å². The fourth-order valence-corrected chi connectivity index (χ4v) is 1.74. The van der Waals surface area contributed by atoms with E-state index in [-0.39, 0.29) is 0 Å². The normalized spacial score (nSPS) is 32.2. The van der Waals surface area contributed by atoms with E-state index in [1.807, 2.05) is 0 Å². The Kier molecular flexibility index (Phi) is 4.02. The van der Waals surface area contributed by atoms with Gasteiger partial charge in [0.1, 0.15) is 0 Å². The Bertz CT molecular complexity index is 125. The number of hydrogen-bond donors (Lipinski definition) is 0. The minimum atomic E-state index is 0.346. The van der Waals surface area contributed by atoms with Crippen LogP contribution in [0.2, 0.25) is 0 Å². The molecule has 0 aromatic rings. The molecule has 1 heterocycles. The molecule has 0 N–H and O–H groups in total. The summed E-state index contributed by atoms with van der Waals surface area (Å²) in [5.41, 5.74) is 0. The second-order valence-corrected chi connectivity index (χ2v) is 3.82. The van der Waals surface area contributed by atoms with Crippen molar-refractivity contribution in [3.63, 3.8) is 0 Å². The molecule has 0 radical (unpaired) electrons. The third-order valence-corrected chi connectivity index (χ3v) is 2.84. The number of rotatable bonds is 4. The highest BCUT2D eigenvalue weighted by Gasteiger charge is 2.28. The molecular formula is C10H20O2. The van der Waals surface area contributed by atoms with Gasteiger partial charge in [0.25, 0.3) is 0 Å². The van der Waals surface area contributed by atoms with Gasteiger partial charge in [-0.15, -0.1) is 0 Å². The van der Waals surface area contributed by atoms with Gasteiger partial charge in [0.15, 0.2) is 0 Å². The molecule has 1 aliphatic heterocycles. The molecule has 1 saturated heterocycles. The minimum absolute atomic E-state index is 0.346. The summed E-state index contributed by atoms with van der Waals surface area (Å²) in [6.07, 6.45) is 2.85. The summed E-state index contributed by atoms with van der Waals surface area (Å²) in [6.45, 7) is 6.22. The van der Waals surface area contributed by atoms with Gasteiger partial charge in [0.2, 0.25) is 0 Å². The van der Waals surface area contributed by atoms with Gasteiger partial charge in [-0.1, -0.05) is 20.3 Å². The van der Waals surface area contributed by atoms with Crippen LogP contribution in [0.4, 0.5) is 0 Å². The highest BCUT2D eigenvalue weighted by atomic mass is 16.5. The molecule has 3 unspecified atom stereocenters. The van der Waals surface area contributed by atoms with E-state index in [0.717, 1.165) is 19.1 Å². The van der Waals surface area contributed by atoms with Gasteiger partial charge in [0, 0.05) is 13.0 Å². The molecule has 0 aliphatic carbocycles. The van der Waals surface area contributed by atoms with Gasteiger partial charge in [-0.3, -0.25) is 0 Å². The van der Waals surface area contributed by atoms with Gasteiger partial charge in [0.05, 0.1) is 19.3 Å². The molecule has 0 amide bonds. The monoisotopic (exact) mass is 172 g/mol. The summed E-state index contributed by atoms with van der Waals surface area (Å²) >= 11 is 0. The van der Waals surface area contributed by atoms with Crippen molar-refractivity contribution in [2.45, 2.75) is 32.8 Å². The summed E-state index contributed by atoms with van der Waals surface area (Å²) in [7, 11) is 1.78. The molecule has 12 heavy (non-hydrogen) atoms. The molecule has 2 nitrogen and oxygen atoms in total. The standard InChI is InChI=1S/C10H20O2/c1-4-8(2)5-9-6-12-7-10(9)11-3/h8-10H,4-7H2,1-3H3. The lowest BCUT2D eigenvalue weighted by Gasteiger charge is -2.18. The number of hydrogen-bond acceptors (Lipinski definition) is 2. The topological polar surface area (TPSA) is 18.5 Å². The van der Waals surface area contributed by atoms with E-state index in [0.29, 0.717) is 12.0 Å². The molecule has 1 rings (SSSR count). The zero-order chi connectivity index (χ0) is 8.97. The van der Waals surface area contributed by atoms with Crippen molar-refractivity contribution in [2.24, 2.45) is 11.8 Å². The van der Waals surface area contributed by atoms with E-state index in [9.17, 15) is 0 Å². The highest BCUT2D eigenvalue weighted by Crippen LogP contribution is 2.24.